The minimum atomic E-state index is -0.158. The van der Waals surface area contributed by atoms with Gasteiger partial charge in [0.1, 0.15) is 0 Å². The molecule has 0 saturated heterocycles. The summed E-state index contributed by atoms with van der Waals surface area (Å²) in [5.74, 6) is 0.859. The van der Waals surface area contributed by atoms with Gasteiger partial charge >= 0.3 is 0 Å². The third-order valence-electron chi connectivity index (χ3n) is 2.66. The molecule has 0 aliphatic heterocycles. The summed E-state index contributed by atoms with van der Waals surface area (Å²) < 4.78 is 10.4. The van der Waals surface area contributed by atoms with Gasteiger partial charge in [-0.2, -0.15) is 0 Å². The van der Waals surface area contributed by atoms with E-state index in [9.17, 15) is 4.79 Å². The Morgan fingerprint density at radius 1 is 1.15 bits per heavy atom. The van der Waals surface area contributed by atoms with Gasteiger partial charge < -0.3 is 20.1 Å². The highest BCUT2D eigenvalue weighted by Crippen LogP contribution is 2.30. The van der Waals surface area contributed by atoms with Gasteiger partial charge in [0.15, 0.2) is 11.5 Å². The molecule has 0 aromatic heterocycles. The highest BCUT2D eigenvalue weighted by atomic mass is 35.5. The highest BCUT2D eigenvalue weighted by molar-refractivity contribution is 5.97. The number of carbonyl (C=O) groups is 1. The molecule has 0 spiro atoms. The van der Waals surface area contributed by atoms with Crippen LogP contribution in [0.25, 0.3) is 0 Å². The molecule has 20 heavy (non-hydrogen) atoms. The van der Waals surface area contributed by atoms with Crippen molar-refractivity contribution in [2.24, 2.45) is 0 Å². The third-order valence-corrected chi connectivity index (χ3v) is 2.66. The molecule has 1 rings (SSSR count). The van der Waals surface area contributed by atoms with Crippen molar-refractivity contribution in [3.8, 4) is 11.5 Å². The molecule has 0 heterocycles. The fourth-order valence-electron chi connectivity index (χ4n) is 1.73. The number of carbonyl (C=O) groups excluding carboxylic acids is 1. The lowest BCUT2D eigenvalue weighted by Gasteiger charge is -2.12. The Bertz CT molecular complexity index is 413. The molecule has 0 atom stereocenters. The van der Waals surface area contributed by atoms with Crippen molar-refractivity contribution in [1.29, 1.82) is 0 Å². The van der Waals surface area contributed by atoms with Crippen LogP contribution in [-0.2, 0) is 0 Å². The third kappa shape index (κ3) is 5.27. The Morgan fingerprint density at radius 2 is 1.90 bits per heavy atom. The summed E-state index contributed by atoms with van der Waals surface area (Å²) >= 11 is 0. The number of hydrogen-bond donors (Lipinski definition) is 2. The van der Waals surface area contributed by atoms with Gasteiger partial charge in [0, 0.05) is 13.1 Å². The van der Waals surface area contributed by atoms with E-state index in [1.807, 2.05) is 0 Å². The van der Waals surface area contributed by atoms with Crippen LogP contribution in [0.4, 0.5) is 0 Å². The number of para-hydroxylation sites is 1. The number of nitrogens with one attached hydrogen (secondary N) is 2. The number of ether oxygens (including phenoxy) is 2. The Labute approximate surface area is 126 Å². The Balaban J connectivity index is 0.00000361. The van der Waals surface area contributed by atoms with Crippen molar-refractivity contribution in [2.45, 2.75) is 13.3 Å². The highest BCUT2D eigenvalue weighted by Gasteiger charge is 2.15. The number of hydrogen-bond acceptors (Lipinski definition) is 4. The van der Waals surface area contributed by atoms with Gasteiger partial charge in [-0.25, -0.2) is 0 Å². The second-order valence-electron chi connectivity index (χ2n) is 4.05. The molecule has 2 N–H and O–H groups in total. The fourth-order valence-corrected chi connectivity index (χ4v) is 1.73. The molecule has 114 valence electrons. The molecule has 0 saturated carbocycles. The molecular formula is C14H23ClN2O3. The van der Waals surface area contributed by atoms with Crippen molar-refractivity contribution in [2.75, 3.05) is 33.9 Å². The average molecular weight is 303 g/mol. The first kappa shape index (κ1) is 18.5. The summed E-state index contributed by atoms with van der Waals surface area (Å²) in [4.78, 5) is 12.1. The summed E-state index contributed by atoms with van der Waals surface area (Å²) in [6.45, 7) is 4.40. The summed E-state index contributed by atoms with van der Waals surface area (Å²) in [6, 6.07) is 5.25. The predicted octanol–water partition coefficient (Wildman–Crippen LogP) is 1.85. The Morgan fingerprint density at radius 3 is 2.50 bits per heavy atom. The first-order chi connectivity index (χ1) is 9.24. The number of amides is 1. The standard InChI is InChI=1S/C14H22N2O3.ClH/c1-4-8-15-9-10-16-14(17)11-6-5-7-12(18-2)13(11)19-3;/h5-7,15H,4,8-10H2,1-3H3,(H,16,17);1H. The largest absolute Gasteiger partial charge is 0.493 e. The Kier molecular flexibility index (Phi) is 9.59. The van der Waals surface area contributed by atoms with Crippen LogP contribution in [0.2, 0.25) is 0 Å². The zero-order valence-corrected chi connectivity index (χ0v) is 13.0. The van der Waals surface area contributed by atoms with Gasteiger partial charge in [-0.05, 0) is 25.1 Å². The maximum Gasteiger partial charge on any atom is 0.255 e. The molecule has 5 nitrogen and oxygen atoms in total. The zero-order chi connectivity index (χ0) is 14.1. The van der Waals surface area contributed by atoms with Crippen LogP contribution in [-0.4, -0.2) is 39.8 Å². The minimum Gasteiger partial charge on any atom is -0.493 e. The van der Waals surface area contributed by atoms with Gasteiger partial charge in [-0.3, -0.25) is 4.79 Å². The van der Waals surface area contributed by atoms with Crippen molar-refractivity contribution < 1.29 is 14.3 Å². The summed E-state index contributed by atoms with van der Waals surface area (Å²) in [5, 5.41) is 6.07. The van der Waals surface area contributed by atoms with Gasteiger partial charge in [0.05, 0.1) is 19.8 Å². The van der Waals surface area contributed by atoms with Crippen molar-refractivity contribution in [3.05, 3.63) is 23.8 Å². The van der Waals surface area contributed by atoms with E-state index < -0.39 is 0 Å². The number of benzene rings is 1. The van der Waals surface area contributed by atoms with Crippen molar-refractivity contribution in [3.63, 3.8) is 0 Å². The number of halogens is 1. The van der Waals surface area contributed by atoms with Crippen LogP contribution >= 0.6 is 12.4 Å². The van der Waals surface area contributed by atoms with Crippen LogP contribution in [0.15, 0.2) is 18.2 Å². The van der Waals surface area contributed by atoms with Crippen LogP contribution in [0.5, 0.6) is 11.5 Å². The quantitative estimate of drug-likeness (QED) is 0.720. The lowest BCUT2D eigenvalue weighted by atomic mass is 10.1. The number of rotatable bonds is 8. The topological polar surface area (TPSA) is 59.6 Å². The molecule has 1 aromatic carbocycles. The minimum absolute atomic E-state index is 0. The van der Waals surface area contributed by atoms with Gasteiger partial charge in [-0.15, -0.1) is 12.4 Å². The first-order valence-electron chi connectivity index (χ1n) is 6.44. The monoisotopic (exact) mass is 302 g/mol. The second-order valence-corrected chi connectivity index (χ2v) is 4.05. The van der Waals surface area contributed by atoms with E-state index in [1.165, 1.54) is 7.11 Å². The van der Waals surface area contributed by atoms with Crippen molar-refractivity contribution in [1.82, 2.24) is 10.6 Å². The van der Waals surface area contributed by atoms with Gasteiger partial charge in [-0.1, -0.05) is 13.0 Å². The molecule has 1 amide bonds. The molecular weight excluding hydrogens is 280 g/mol. The molecule has 0 radical (unpaired) electrons. The van der Waals surface area contributed by atoms with Crippen molar-refractivity contribution >= 4 is 18.3 Å². The molecule has 1 aromatic rings. The summed E-state index contributed by atoms with van der Waals surface area (Å²) in [5.41, 5.74) is 0.484. The van der Waals surface area contributed by atoms with Crippen LogP contribution < -0.4 is 20.1 Å². The normalized spacial score (nSPS) is 9.55. The molecule has 6 heteroatoms. The van der Waals surface area contributed by atoms with E-state index >= 15 is 0 Å². The molecule has 0 aliphatic rings. The molecule has 0 aliphatic carbocycles. The average Bonchev–Trinajstić information content (AvgIpc) is 2.45. The predicted molar refractivity (Wildman–Crippen MR) is 82.3 cm³/mol. The van der Waals surface area contributed by atoms with Crippen LogP contribution in [0.3, 0.4) is 0 Å². The molecule has 0 fully saturated rings. The second kappa shape index (κ2) is 10.3. The van der Waals surface area contributed by atoms with E-state index in [4.69, 9.17) is 9.47 Å². The van der Waals surface area contributed by atoms with E-state index in [2.05, 4.69) is 17.6 Å². The fraction of sp³-hybridized carbons (Fsp3) is 0.500. The molecule has 0 bridgehead atoms. The van der Waals surface area contributed by atoms with Gasteiger partial charge in [0.25, 0.3) is 5.91 Å². The number of methoxy groups -OCH3 is 2. The molecule has 0 unspecified atom stereocenters. The first-order valence-corrected chi connectivity index (χ1v) is 6.44. The van der Waals surface area contributed by atoms with E-state index in [-0.39, 0.29) is 18.3 Å². The van der Waals surface area contributed by atoms with E-state index in [1.54, 1.807) is 25.3 Å². The zero-order valence-electron chi connectivity index (χ0n) is 12.2. The maximum atomic E-state index is 12.1. The smallest absolute Gasteiger partial charge is 0.255 e. The lowest BCUT2D eigenvalue weighted by Crippen LogP contribution is -2.32. The van der Waals surface area contributed by atoms with Crippen LogP contribution in [0.1, 0.15) is 23.7 Å². The lowest BCUT2D eigenvalue weighted by molar-refractivity contribution is 0.0950. The Hall–Kier alpha value is -1.46. The van der Waals surface area contributed by atoms with E-state index in [0.717, 1.165) is 19.5 Å². The SMILES string of the molecule is CCCNCCNC(=O)c1cccc(OC)c1OC.Cl. The maximum absolute atomic E-state index is 12.1. The summed E-state index contributed by atoms with van der Waals surface area (Å²) in [6.07, 6.45) is 1.08. The summed E-state index contributed by atoms with van der Waals surface area (Å²) in [7, 11) is 3.08. The van der Waals surface area contributed by atoms with Crippen LogP contribution in [0, 0.1) is 0 Å². The van der Waals surface area contributed by atoms with E-state index in [0.29, 0.717) is 23.6 Å². The van der Waals surface area contributed by atoms with Gasteiger partial charge in [0.2, 0.25) is 0 Å².